The van der Waals surface area contributed by atoms with Crippen molar-refractivity contribution < 1.29 is 9.18 Å². The fourth-order valence-corrected chi connectivity index (χ4v) is 3.13. The molecule has 1 atom stereocenters. The summed E-state index contributed by atoms with van der Waals surface area (Å²) in [5.41, 5.74) is 0.233. The number of anilines is 1. The molecule has 0 bridgehead atoms. The van der Waals surface area contributed by atoms with Gasteiger partial charge in [-0.15, -0.1) is 0 Å². The number of rotatable bonds is 7. The monoisotopic (exact) mass is 336 g/mol. The van der Waals surface area contributed by atoms with Crippen LogP contribution in [0.2, 0.25) is 0 Å². The van der Waals surface area contributed by atoms with Crippen LogP contribution in [-0.4, -0.2) is 73.6 Å². The van der Waals surface area contributed by atoms with Crippen molar-refractivity contribution in [3.05, 3.63) is 30.1 Å². The molecule has 2 rings (SSSR count). The molecular formula is C18H29FN4O. The fraction of sp³-hybridized carbons (Fsp3) is 0.611. The van der Waals surface area contributed by atoms with E-state index in [0.717, 1.165) is 26.1 Å². The molecule has 134 valence electrons. The van der Waals surface area contributed by atoms with Crippen LogP contribution in [0.3, 0.4) is 0 Å². The van der Waals surface area contributed by atoms with Crippen molar-refractivity contribution in [1.82, 2.24) is 14.7 Å². The van der Waals surface area contributed by atoms with Gasteiger partial charge in [-0.05, 0) is 52.2 Å². The maximum Gasteiger partial charge on any atom is 0.322 e. The molecule has 1 fully saturated rings. The molecule has 2 amide bonds. The Kier molecular flexibility index (Phi) is 6.99. The van der Waals surface area contributed by atoms with Crippen molar-refractivity contribution >= 4 is 11.7 Å². The second kappa shape index (κ2) is 8.99. The average Bonchev–Trinajstić information content (AvgIpc) is 3.00. The Labute approximate surface area is 144 Å². The zero-order valence-electron chi connectivity index (χ0n) is 15.0. The predicted octanol–water partition coefficient (Wildman–Crippen LogP) is 2.71. The van der Waals surface area contributed by atoms with Gasteiger partial charge < -0.3 is 15.1 Å². The van der Waals surface area contributed by atoms with E-state index in [1.54, 1.807) is 18.2 Å². The number of amides is 2. The third-order valence-electron chi connectivity index (χ3n) is 4.56. The molecule has 0 aromatic heterocycles. The Morgan fingerprint density at radius 2 is 2.08 bits per heavy atom. The van der Waals surface area contributed by atoms with Crippen molar-refractivity contribution in [3.8, 4) is 0 Å². The van der Waals surface area contributed by atoms with Gasteiger partial charge in [0.25, 0.3) is 0 Å². The molecule has 6 heteroatoms. The van der Waals surface area contributed by atoms with Crippen LogP contribution < -0.4 is 5.32 Å². The van der Waals surface area contributed by atoms with Gasteiger partial charge in [-0.3, -0.25) is 4.90 Å². The molecule has 0 unspecified atom stereocenters. The van der Waals surface area contributed by atoms with Gasteiger partial charge in [-0.1, -0.05) is 19.1 Å². The van der Waals surface area contributed by atoms with Crippen molar-refractivity contribution in [1.29, 1.82) is 0 Å². The lowest BCUT2D eigenvalue weighted by Gasteiger charge is -2.31. The Balaban J connectivity index is 2.04. The number of para-hydroxylation sites is 1. The highest BCUT2D eigenvalue weighted by molar-refractivity contribution is 5.89. The van der Waals surface area contributed by atoms with Gasteiger partial charge in [0.15, 0.2) is 0 Å². The molecule has 0 aliphatic carbocycles. The van der Waals surface area contributed by atoms with E-state index in [1.165, 1.54) is 12.5 Å². The van der Waals surface area contributed by atoms with E-state index in [-0.39, 0.29) is 11.7 Å². The van der Waals surface area contributed by atoms with Crippen LogP contribution in [0.25, 0.3) is 0 Å². The molecule has 0 spiro atoms. The number of nitrogens with one attached hydrogen (secondary N) is 1. The largest absolute Gasteiger partial charge is 0.322 e. The zero-order valence-corrected chi connectivity index (χ0v) is 15.0. The lowest BCUT2D eigenvalue weighted by atomic mass is 10.2. The first kappa shape index (κ1) is 18.7. The molecule has 1 aromatic carbocycles. The number of benzene rings is 1. The lowest BCUT2D eigenvalue weighted by molar-refractivity contribution is 0.172. The van der Waals surface area contributed by atoms with E-state index in [2.05, 4.69) is 22.0 Å². The van der Waals surface area contributed by atoms with Crippen LogP contribution in [0.1, 0.15) is 19.8 Å². The molecular weight excluding hydrogens is 307 g/mol. The maximum atomic E-state index is 13.8. The van der Waals surface area contributed by atoms with Crippen LogP contribution >= 0.6 is 0 Å². The zero-order chi connectivity index (χ0) is 17.5. The van der Waals surface area contributed by atoms with Crippen LogP contribution in [0.5, 0.6) is 0 Å². The summed E-state index contributed by atoms with van der Waals surface area (Å²) in [6.07, 6.45) is 2.29. The molecule has 0 saturated carbocycles. The maximum absolute atomic E-state index is 13.8. The number of likely N-dealkylation sites (N-methyl/N-ethyl adjacent to an activating group) is 2. The summed E-state index contributed by atoms with van der Waals surface area (Å²) in [6.45, 7) is 6.34. The standard InChI is InChI=1S/C18H29FN4O/c1-4-22-11-7-8-15(22)14-23(13-12-21(2)3)18(24)20-17-10-6-5-9-16(17)19/h5-6,9-10,15H,4,7-8,11-14H2,1-3H3,(H,20,24)/t15-/m0/s1. The smallest absolute Gasteiger partial charge is 0.322 e. The highest BCUT2D eigenvalue weighted by atomic mass is 19.1. The summed E-state index contributed by atoms with van der Waals surface area (Å²) in [6, 6.07) is 6.44. The van der Waals surface area contributed by atoms with Gasteiger partial charge in [0.2, 0.25) is 0 Å². The van der Waals surface area contributed by atoms with Crippen LogP contribution in [-0.2, 0) is 0 Å². The van der Waals surface area contributed by atoms with E-state index >= 15 is 0 Å². The highest BCUT2D eigenvalue weighted by Crippen LogP contribution is 2.19. The molecule has 0 radical (unpaired) electrons. The molecule has 1 N–H and O–H groups in total. The number of urea groups is 1. The Morgan fingerprint density at radius 3 is 2.75 bits per heavy atom. The average molecular weight is 336 g/mol. The first-order valence-corrected chi connectivity index (χ1v) is 8.70. The minimum Gasteiger partial charge on any atom is -0.322 e. The Morgan fingerprint density at radius 1 is 1.33 bits per heavy atom. The summed E-state index contributed by atoms with van der Waals surface area (Å²) in [5, 5.41) is 2.72. The summed E-state index contributed by atoms with van der Waals surface area (Å²) >= 11 is 0. The molecule has 1 aliphatic heterocycles. The van der Waals surface area contributed by atoms with Crippen LogP contribution in [0.4, 0.5) is 14.9 Å². The SMILES string of the molecule is CCN1CCC[C@H]1CN(CCN(C)C)C(=O)Nc1ccccc1F. The van der Waals surface area contributed by atoms with Crippen LogP contribution in [0, 0.1) is 5.82 Å². The van der Waals surface area contributed by atoms with E-state index in [9.17, 15) is 9.18 Å². The number of nitrogens with zero attached hydrogens (tertiary/aromatic N) is 3. The third-order valence-corrected chi connectivity index (χ3v) is 4.56. The van der Waals surface area contributed by atoms with Crippen molar-refractivity contribution in [2.75, 3.05) is 52.1 Å². The number of halogens is 1. The van der Waals surface area contributed by atoms with E-state index in [0.29, 0.717) is 19.1 Å². The number of carbonyl (C=O) groups excluding carboxylic acids is 1. The quantitative estimate of drug-likeness (QED) is 0.832. The van der Waals surface area contributed by atoms with Gasteiger partial charge in [-0.25, -0.2) is 9.18 Å². The molecule has 24 heavy (non-hydrogen) atoms. The minimum atomic E-state index is -0.408. The van der Waals surface area contributed by atoms with Crippen molar-refractivity contribution in [3.63, 3.8) is 0 Å². The van der Waals surface area contributed by atoms with Crippen molar-refractivity contribution in [2.45, 2.75) is 25.8 Å². The fourth-order valence-electron chi connectivity index (χ4n) is 3.13. The second-order valence-electron chi connectivity index (χ2n) is 6.58. The van der Waals surface area contributed by atoms with Crippen LogP contribution in [0.15, 0.2) is 24.3 Å². The second-order valence-corrected chi connectivity index (χ2v) is 6.58. The predicted molar refractivity (Wildman–Crippen MR) is 95.8 cm³/mol. The number of hydrogen-bond acceptors (Lipinski definition) is 3. The first-order valence-electron chi connectivity index (χ1n) is 8.70. The summed E-state index contributed by atoms with van der Waals surface area (Å²) in [5.74, 6) is -0.408. The van der Waals surface area contributed by atoms with Gasteiger partial charge in [0.05, 0.1) is 5.69 Å². The van der Waals surface area contributed by atoms with Gasteiger partial charge in [0.1, 0.15) is 5.82 Å². The van der Waals surface area contributed by atoms with E-state index in [4.69, 9.17) is 0 Å². The summed E-state index contributed by atoms with van der Waals surface area (Å²) < 4.78 is 13.8. The van der Waals surface area contributed by atoms with Gasteiger partial charge in [-0.2, -0.15) is 0 Å². The minimum absolute atomic E-state index is 0.232. The number of likely N-dealkylation sites (tertiary alicyclic amines) is 1. The first-order chi connectivity index (χ1) is 11.5. The van der Waals surface area contributed by atoms with Gasteiger partial charge in [0, 0.05) is 25.7 Å². The Hall–Kier alpha value is -1.66. The molecule has 1 aliphatic rings. The van der Waals surface area contributed by atoms with E-state index in [1.807, 2.05) is 19.0 Å². The molecule has 1 aromatic rings. The molecule has 1 heterocycles. The molecule has 1 saturated heterocycles. The van der Waals surface area contributed by atoms with Gasteiger partial charge >= 0.3 is 6.03 Å². The van der Waals surface area contributed by atoms with Crippen molar-refractivity contribution in [2.24, 2.45) is 0 Å². The summed E-state index contributed by atoms with van der Waals surface area (Å²) in [4.78, 5) is 18.9. The Bertz CT molecular complexity index is 538. The molecule has 5 nitrogen and oxygen atoms in total. The third kappa shape index (κ3) is 5.18. The topological polar surface area (TPSA) is 38.8 Å². The number of hydrogen-bond donors (Lipinski definition) is 1. The lowest BCUT2D eigenvalue weighted by Crippen LogP contribution is -2.46. The highest BCUT2D eigenvalue weighted by Gasteiger charge is 2.27. The summed E-state index contributed by atoms with van der Waals surface area (Å²) in [7, 11) is 3.97. The normalized spacial score (nSPS) is 18.1. The number of carbonyl (C=O) groups is 1. The van der Waals surface area contributed by atoms with E-state index < -0.39 is 5.82 Å².